The van der Waals surface area contributed by atoms with Gasteiger partial charge in [0.1, 0.15) is 6.54 Å². The van der Waals surface area contributed by atoms with Crippen molar-refractivity contribution in [2.75, 3.05) is 19.0 Å². The second kappa shape index (κ2) is 7.30. The molecule has 122 valence electrons. The zero-order valence-corrected chi connectivity index (χ0v) is 12.8. The summed E-state index contributed by atoms with van der Waals surface area (Å²) in [6.07, 6.45) is 1.47. The minimum Gasteiger partial charge on any atom is -0.493 e. The van der Waals surface area contributed by atoms with Crippen LogP contribution in [0.25, 0.3) is 0 Å². The maximum absolute atomic E-state index is 12.2. The zero-order chi connectivity index (χ0) is 16.8. The number of methoxy groups -OCH3 is 1. The van der Waals surface area contributed by atoms with Crippen molar-refractivity contribution >= 4 is 17.7 Å². The maximum Gasteiger partial charge on any atom is 0.325 e. The molecule has 0 bridgehead atoms. The lowest BCUT2D eigenvalue weighted by Crippen LogP contribution is -2.14. The van der Waals surface area contributed by atoms with E-state index in [1.165, 1.54) is 24.1 Å². The number of anilines is 1. The molecule has 0 spiro atoms. The second-order valence-corrected chi connectivity index (χ2v) is 4.55. The third kappa shape index (κ3) is 4.22. The fraction of sp³-hybridized carbons (Fsp3) is 0.267. The molecular weight excluding hydrogens is 302 g/mol. The Morgan fingerprint density at radius 3 is 2.74 bits per heavy atom. The van der Waals surface area contributed by atoms with E-state index in [0.29, 0.717) is 23.7 Å². The van der Waals surface area contributed by atoms with Gasteiger partial charge in [-0.25, -0.2) is 0 Å². The summed E-state index contributed by atoms with van der Waals surface area (Å²) in [6.45, 7) is 2.07. The third-order valence-electron chi connectivity index (χ3n) is 2.91. The van der Waals surface area contributed by atoms with Gasteiger partial charge in [0.05, 0.1) is 13.7 Å². The minimum atomic E-state index is -1.01. The number of carboxylic acids is 1. The van der Waals surface area contributed by atoms with Crippen LogP contribution in [0.4, 0.5) is 5.82 Å². The average Bonchev–Trinajstić information content (AvgIpc) is 2.94. The van der Waals surface area contributed by atoms with Gasteiger partial charge in [-0.3, -0.25) is 14.3 Å². The van der Waals surface area contributed by atoms with Gasteiger partial charge in [0.15, 0.2) is 17.3 Å². The third-order valence-corrected chi connectivity index (χ3v) is 2.91. The number of carboxylic acid groups (broad SMARTS) is 1. The van der Waals surface area contributed by atoms with Crippen LogP contribution in [-0.2, 0) is 11.3 Å². The predicted molar refractivity (Wildman–Crippen MR) is 82.0 cm³/mol. The summed E-state index contributed by atoms with van der Waals surface area (Å²) in [5, 5.41) is 15.2. The molecule has 0 aliphatic rings. The minimum absolute atomic E-state index is 0.268. The van der Waals surface area contributed by atoms with Crippen LogP contribution in [0.2, 0.25) is 0 Å². The normalized spacial score (nSPS) is 10.2. The number of aliphatic carboxylic acids is 1. The number of aromatic nitrogens is 2. The van der Waals surface area contributed by atoms with E-state index < -0.39 is 5.97 Å². The number of benzene rings is 1. The van der Waals surface area contributed by atoms with Crippen LogP contribution in [0.1, 0.15) is 17.3 Å². The smallest absolute Gasteiger partial charge is 0.325 e. The number of hydrogen-bond donors (Lipinski definition) is 2. The molecule has 2 rings (SSSR count). The summed E-state index contributed by atoms with van der Waals surface area (Å²) < 4.78 is 11.8. The first-order valence-corrected chi connectivity index (χ1v) is 6.91. The molecule has 2 aromatic rings. The molecule has 1 aromatic heterocycles. The van der Waals surface area contributed by atoms with E-state index in [-0.39, 0.29) is 18.3 Å². The fourth-order valence-electron chi connectivity index (χ4n) is 1.93. The molecule has 1 amide bonds. The molecule has 0 aliphatic carbocycles. The van der Waals surface area contributed by atoms with Crippen LogP contribution >= 0.6 is 0 Å². The van der Waals surface area contributed by atoms with Crippen molar-refractivity contribution in [3.05, 3.63) is 36.0 Å². The van der Waals surface area contributed by atoms with Gasteiger partial charge in [-0.2, -0.15) is 5.10 Å². The van der Waals surface area contributed by atoms with Gasteiger partial charge in [-0.05, 0) is 25.1 Å². The Bertz CT molecular complexity index is 711. The Morgan fingerprint density at radius 1 is 1.30 bits per heavy atom. The molecule has 0 saturated carbocycles. The van der Waals surface area contributed by atoms with Gasteiger partial charge < -0.3 is 19.9 Å². The molecule has 0 radical (unpaired) electrons. The van der Waals surface area contributed by atoms with Gasteiger partial charge in [0.2, 0.25) is 0 Å². The lowest BCUT2D eigenvalue weighted by Gasteiger charge is -2.10. The van der Waals surface area contributed by atoms with E-state index in [2.05, 4.69) is 10.4 Å². The van der Waals surface area contributed by atoms with Crippen molar-refractivity contribution in [3.63, 3.8) is 0 Å². The number of carbonyl (C=O) groups is 2. The number of hydrogen-bond acceptors (Lipinski definition) is 5. The average molecular weight is 319 g/mol. The summed E-state index contributed by atoms with van der Waals surface area (Å²) in [4.78, 5) is 22.8. The second-order valence-electron chi connectivity index (χ2n) is 4.55. The highest BCUT2D eigenvalue weighted by molar-refractivity contribution is 6.04. The van der Waals surface area contributed by atoms with Crippen molar-refractivity contribution in [2.24, 2.45) is 0 Å². The summed E-state index contributed by atoms with van der Waals surface area (Å²) >= 11 is 0. The van der Waals surface area contributed by atoms with E-state index in [4.69, 9.17) is 14.6 Å². The van der Waals surface area contributed by atoms with Crippen molar-refractivity contribution in [1.29, 1.82) is 0 Å². The lowest BCUT2D eigenvalue weighted by molar-refractivity contribution is -0.137. The van der Waals surface area contributed by atoms with Crippen molar-refractivity contribution in [3.8, 4) is 11.5 Å². The Morgan fingerprint density at radius 2 is 2.09 bits per heavy atom. The van der Waals surface area contributed by atoms with Crippen molar-refractivity contribution in [1.82, 2.24) is 9.78 Å². The maximum atomic E-state index is 12.2. The van der Waals surface area contributed by atoms with E-state index in [1.54, 1.807) is 18.2 Å². The van der Waals surface area contributed by atoms with Gasteiger partial charge in [-0.1, -0.05) is 0 Å². The van der Waals surface area contributed by atoms with Gasteiger partial charge >= 0.3 is 5.97 Å². The SMILES string of the molecule is CCOc1ccc(C(=O)Nc2ccn(CC(=O)O)n2)cc1OC. The van der Waals surface area contributed by atoms with Crippen LogP contribution < -0.4 is 14.8 Å². The monoisotopic (exact) mass is 319 g/mol. The molecule has 0 atom stereocenters. The molecular formula is C15H17N3O5. The molecule has 2 N–H and O–H groups in total. The van der Waals surface area contributed by atoms with Gasteiger partial charge in [-0.15, -0.1) is 0 Å². The summed E-state index contributed by atoms with van der Waals surface area (Å²) in [6, 6.07) is 6.35. The molecule has 0 unspecified atom stereocenters. The van der Waals surface area contributed by atoms with Gasteiger partial charge in [0.25, 0.3) is 5.91 Å². The number of nitrogens with zero attached hydrogens (tertiary/aromatic N) is 2. The standard InChI is InChI=1S/C15H17N3O5/c1-3-23-11-5-4-10(8-12(11)22-2)15(21)16-13-6-7-18(17-13)9-14(19)20/h4-8H,3,9H2,1-2H3,(H,19,20)(H,16,17,21). The van der Waals surface area contributed by atoms with Crippen molar-refractivity contribution < 1.29 is 24.2 Å². The van der Waals surface area contributed by atoms with E-state index in [1.807, 2.05) is 6.92 Å². The highest BCUT2D eigenvalue weighted by Gasteiger charge is 2.12. The Labute approximate surface area is 132 Å². The predicted octanol–water partition coefficient (Wildman–Crippen LogP) is 1.63. The van der Waals surface area contributed by atoms with Crippen LogP contribution in [0.15, 0.2) is 30.5 Å². The number of amides is 1. The summed E-state index contributed by atoms with van der Waals surface area (Å²) in [5.41, 5.74) is 0.373. The Kier molecular flexibility index (Phi) is 5.19. The highest BCUT2D eigenvalue weighted by atomic mass is 16.5. The zero-order valence-electron chi connectivity index (χ0n) is 12.8. The number of carbonyl (C=O) groups excluding carboxylic acids is 1. The molecule has 8 nitrogen and oxygen atoms in total. The van der Waals surface area contributed by atoms with Crippen LogP contribution in [-0.4, -0.2) is 40.5 Å². The number of ether oxygens (including phenoxy) is 2. The van der Waals surface area contributed by atoms with Crippen LogP contribution in [0.5, 0.6) is 11.5 Å². The molecule has 1 heterocycles. The fourth-order valence-corrected chi connectivity index (χ4v) is 1.93. The lowest BCUT2D eigenvalue weighted by atomic mass is 10.2. The Hall–Kier alpha value is -3.03. The quantitative estimate of drug-likeness (QED) is 0.804. The number of rotatable bonds is 7. The molecule has 0 fully saturated rings. The van der Waals surface area contributed by atoms with Crippen molar-refractivity contribution in [2.45, 2.75) is 13.5 Å². The van der Waals surface area contributed by atoms with E-state index in [0.717, 1.165) is 0 Å². The van der Waals surface area contributed by atoms with Gasteiger partial charge in [0, 0.05) is 17.8 Å². The summed E-state index contributed by atoms with van der Waals surface area (Å²) in [7, 11) is 1.49. The molecule has 1 aromatic carbocycles. The largest absolute Gasteiger partial charge is 0.493 e. The first-order chi connectivity index (χ1) is 11.0. The molecule has 8 heteroatoms. The van der Waals surface area contributed by atoms with Crippen LogP contribution in [0.3, 0.4) is 0 Å². The first kappa shape index (κ1) is 16.3. The summed E-state index contributed by atoms with van der Waals surface area (Å²) in [5.74, 6) is -0.119. The molecule has 0 aliphatic heterocycles. The van der Waals surface area contributed by atoms with E-state index in [9.17, 15) is 9.59 Å². The Balaban J connectivity index is 2.11. The molecule has 23 heavy (non-hydrogen) atoms. The van der Waals surface area contributed by atoms with E-state index >= 15 is 0 Å². The number of nitrogens with one attached hydrogen (secondary N) is 1. The first-order valence-electron chi connectivity index (χ1n) is 6.91. The topological polar surface area (TPSA) is 103 Å². The van der Waals surface area contributed by atoms with Crippen LogP contribution in [0, 0.1) is 0 Å². The highest BCUT2D eigenvalue weighted by Crippen LogP contribution is 2.28. The molecule has 0 saturated heterocycles.